The number of hydrogen-bond donors (Lipinski definition) is 1. The van der Waals surface area contributed by atoms with Gasteiger partial charge in [-0.2, -0.15) is 4.31 Å². The lowest BCUT2D eigenvalue weighted by Crippen LogP contribution is -2.42. The largest absolute Gasteiger partial charge is 0.497 e. The Bertz CT molecular complexity index is 1170. The van der Waals surface area contributed by atoms with Gasteiger partial charge in [-0.15, -0.1) is 0 Å². The molecule has 182 valence electrons. The maximum atomic E-state index is 13.3. The SMILES string of the molecule is COc1ccc(CNC(=O)C2CCN(S(=O)(=O)c3ccc4c(c3)CC(C)N4C(C)=O)CC2)cc1. The number of rotatable bonds is 6. The minimum absolute atomic E-state index is 0.0117. The van der Waals surface area contributed by atoms with Crippen molar-refractivity contribution in [3.63, 3.8) is 0 Å². The molecule has 4 rings (SSSR count). The molecule has 2 amide bonds. The van der Waals surface area contributed by atoms with Crippen molar-refractivity contribution in [2.75, 3.05) is 25.1 Å². The second-order valence-electron chi connectivity index (χ2n) is 8.98. The number of piperidine rings is 1. The van der Waals surface area contributed by atoms with Crippen LogP contribution >= 0.6 is 0 Å². The summed E-state index contributed by atoms with van der Waals surface area (Å²) in [5, 5.41) is 2.96. The highest BCUT2D eigenvalue weighted by atomic mass is 32.2. The number of nitrogens with one attached hydrogen (secondary N) is 1. The Balaban J connectivity index is 1.35. The van der Waals surface area contributed by atoms with E-state index in [2.05, 4.69) is 5.32 Å². The fourth-order valence-electron chi connectivity index (χ4n) is 4.83. The summed E-state index contributed by atoms with van der Waals surface area (Å²) >= 11 is 0. The van der Waals surface area contributed by atoms with Crippen LogP contribution in [0.1, 0.15) is 37.8 Å². The predicted molar refractivity (Wildman–Crippen MR) is 129 cm³/mol. The van der Waals surface area contributed by atoms with Crippen molar-refractivity contribution in [3.05, 3.63) is 53.6 Å². The summed E-state index contributed by atoms with van der Waals surface area (Å²) < 4.78 is 33.1. The molecule has 0 spiro atoms. The van der Waals surface area contributed by atoms with E-state index in [4.69, 9.17) is 4.74 Å². The van der Waals surface area contributed by atoms with Gasteiger partial charge in [0.1, 0.15) is 5.75 Å². The molecule has 8 nitrogen and oxygen atoms in total. The predicted octanol–water partition coefficient (Wildman–Crippen LogP) is 2.71. The first kappa shape index (κ1) is 24.2. The number of amides is 2. The van der Waals surface area contributed by atoms with Gasteiger partial charge in [-0.25, -0.2) is 8.42 Å². The third-order valence-electron chi connectivity index (χ3n) is 6.69. The van der Waals surface area contributed by atoms with Crippen LogP contribution in [-0.2, 0) is 32.6 Å². The summed E-state index contributed by atoms with van der Waals surface area (Å²) in [6.07, 6.45) is 1.59. The maximum absolute atomic E-state index is 13.3. The number of methoxy groups -OCH3 is 1. The molecule has 1 fully saturated rings. The molecule has 0 bridgehead atoms. The van der Waals surface area contributed by atoms with E-state index in [9.17, 15) is 18.0 Å². The van der Waals surface area contributed by atoms with Crippen LogP contribution < -0.4 is 15.0 Å². The Hall–Kier alpha value is -2.91. The van der Waals surface area contributed by atoms with Gasteiger partial charge in [-0.05, 0) is 67.6 Å². The van der Waals surface area contributed by atoms with Crippen molar-refractivity contribution in [1.82, 2.24) is 9.62 Å². The van der Waals surface area contributed by atoms with Crippen molar-refractivity contribution in [3.8, 4) is 5.75 Å². The maximum Gasteiger partial charge on any atom is 0.243 e. The van der Waals surface area contributed by atoms with E-state index < -0.39 is 10.0 Å². The molecule has 1 atom stereocenters. The van der Waals surface area contributed by atoms with Crippen LogP contribution in [0, 0.1) is 5.92 Å². The number of hydrogen-bond acceptors (Lipinski definition) is 5. The normalized spacial score (nSPS) is 19.0. The zero-order valence-corrected chi connectivity index (χ0v) is 20.6. The summed E-state index contributed by atoms with van der Waals surface area (Å²) in [5.74, 6) is 0.449. The Labute approximate surface area is 200 Å². The molecule has 2 aromatic carbocycles. The standard InChI is InChI=1S/C25H31N3O5S/c1-17-14-21-15-23(8-9-24(21)28(17)18(2)29)34(31,32)27-12-10-20(11-13-27)25(30)26-16-19-4-6-22(33-3)7-5-19/h4-9,15,17,20H,10-14,16H2,1-3H3,(H,26,30). The first-order valence-corrected chi connectivity index (χ1v) is 13.0. The minimum Gasteiger partial charge on any atom is -0.497 e. The van der Waals surface area contributed by atoms with Gasteiger partial charge in [0.05, 0.1) is 12.0 Å². The van der Waals surface area contributed by atoms with Gasteiger partial charge in [0.2, 0.25) is 21.8 Å². The van der Waals surface area contributed by atoms with Gasteiger partial charge in [-0.1, -0.05) is 12.1 Å². The summed E-state index contributed by atoms with van der Waals surface area (Å²) in [7, 11) is -2.06. The third-order valence-corrected chi connectivity index (χ3v) is 8.59. The smallest absolute Gasteiger partial charge is 0.243 e. The van der Waals surface area contributed by atoms with Crippen molar-refractivity contribution >= 4 is 27.5 Å². The van der Waals surface area contributed by atoms with Crippen LogP contribution in [0.3, 0.4) is 0 Å². The molecular weight excluding hydrogens is 454 g/mol. The van der Waals surface area contributed by atoms with Gasteiger partial charge in [-0.3, -0.25) is 9.59 Å². The second-order valence-corrected chi connectivity index (χ2v) is 10.9. The monoisotopic (exact) mass is 485 g/mol. The number of benzene rings is 2. The second kappa shape index (κ2) is 9.76. The molecular formula is C25H31N3O5S. The molecule has 1 N–H and O–H groups in total. The number of sulfonamides is 1. The van der Waals surface area contributed by atoms with Gasteiger partial charge in [0.15, 0.2) is 0 Å². The molecule has 34 heavy (non-hydrogen) atoms. The Morgan fingerprint density at radius 1 is 1.09 bits per heavy atom. The summed E-state index contributed by atoms with van der Waals surface area (Å²) in [5.41, 5.74) is 2.63. The van der Waals surface area contributed by atoms with Crippen LogP contribution in [0.15, 0.2) is 47.4 Å². The first-order chi connectivity index (χ1) is 16.2. The van der Waals surface area contributed by atoms with Crippen LogP contribution in [0.2, 0.25) is 0 Å². The van der Waals surface area contributed by atoms with Gasteiger partial charge in [0, 0.05) is 44.2 Å². The zero-order valence-electron chi connectivity index (χ0n) is 19.8. The summed E-state index contributed by atoms with van der Waals surface area (Å²) in [6.45, 7) is 4.51. The van der Waals surface area contributed by atoms with E-state index in [1.54, 1.807) is 30.2 Å². The molecule has 1 saturated heterocycles. The van der Waals surface area contributed by atoms with Gasteiger partial charge < -0.3 is 15.0 Å². The molecule has 9 heteroatoms. The van der Waals surface area contributed by atoms with Crippen molar-refractivity contribution < 1.29 is 22.7 Å². The lowest BCUT2D eigenvalue weighted by atomic mass is 9.97. The van der Waals surface area contributed by atoms with E-state index in [0.29, 0.717) is 38.9 Å². The molecule has 2 aliphatic rings. The van der Waals surface area contributed by atoms with Crippen LogP contribution in [0.5, 0.6) is 5.75 Å². The average Bonchev–Trinajstić information content (AvgIpc) is 3.18. The Morgan fingerprint density at radius 3 is 2.38 bits per heavy atom. The summed E-state index contributed by atoms with van der Waals surface area (Å²) in [6, 6.07) is 12.5. The highest BCUT2D eigenvalue weighted by Crippen LogP contribution is 2.35. The number of carbonyl (C=O) groups is 2. The topological polar surface area (TPSA) is 96.0 Å². The molecule has 2 heterocycles. The van der Waals surface area contributed by atoms with E-state index in [1.165, 1.54) is 11.2 Å². The number of nitrogens with zero attached hydrogens (tertiary/aromatic N) is 2. The van der Waals surface area contributed by atoms with E-state index in [0.717, 1.165) is 22.6 Å². The van der Waals surface area contributed by atoms with Crippen LogP contribution in [-0.4, -0.2) is 50.8 Å². The lowest BCUT2D eigenvalue weighted by Gasteiger charge is -2.30. The van der Waals surface area contributed by atoms with Crippen LogP contribution in [0.4, 0.5) is 5.69 Å². The first-order valence-electron chi connectivity index (χ1n) is 11.5. The molecule has 2 aliphatic heterocycles. The van der Waals surface area contributed by atoms with E-state index in [-0.39, 0.29) is 28.7 Å². The highest BCUT2D eigenvalue weighted by Gasteiger charge is 2.34. The minimum atomic E-state index is -3.66. The Morgan fingerprint density at radius 2 is 1.76 bits per heavy atom. The molecule has 0 saturated carbocycles. The lowest BCUT2D eigenvalue weighted by molar-refractivity contribution is -0.126. The molecule has 0 aromatic heterocycles. The van der Waals surface area contributed by atoms with Crippen molar-refractivity contribution in [2.24, 2.45) is 5.92 Å². The highest BCUT2D eigenvalue weighted by molar-refractivity contribution is 7.89. The third kappa shape index (κ3) is 4.81. The number of fused-ring (bicyclic) bond motifs is 1. The number of carbonyl (C=O) groups excluding carboxylic acids is 2. The quantitative estimate of drug-likeness (QED) is 0.679. The van der Waals surface area contributed by atoms with Crippen molar-refractivity contribution in [1.29, 1.82) is 0 Å². The van der Waals surface area contributed by atoms with Gasteiger partial charge in [0.25, 0.3) is 0 Å². The zero-order chi connectivity index (χ0) is 24.5. The number of ether oxygens (including phenoxy) is 1. The van der Waals surface area contributed by atoms with Crippen LogP contribution in [0.25, 0.3) is 0 Å². The fourth-order valence-corrected chi connectivity index (χ4v) is 6.35. The summed E-state index contributed by atoms with van der Waals surface area (Å²) in [4.78, 5) is 26.5. The molecule has 0 radical (unpaired) electrons. The fraction of sp³-hybridized carbons (Fsp3) is 0.440. The van der Waals surface area contributed by atoms with Crippen molar-refractivity contribution in [2.45, 2.75) is 50.6 Å². The number of anilines is 1. The molecule has 0 aliphatic carbocycles. The van der Waals surface area contributed by atoms with E-state index >= 15 is 0 Å². The van der Waals surface area contributed by atoms with E-state index in [1.807, 2.05) is 31.2 Å². The van der Waals surface area contributed by atoms with Gasteiger partial charge >= 0.3 is 0 Å². The Kier molecular flexibility index (Phi) is 6.95. The molecule has 1 unspecified atom stereocenters. The molecule has 2 aromatic rings. The average molecular weight is 486 g/mol.